The van der Waals surface area contributed by atoms with Gasteiger partial charge < -0.3 is 21.1 Å². The van der Waals surface area contributed by atoms with Crippen LogP contribution in [0.15, 0.2) is 43.0 Å². The number of nitrogens with two attached hydrogens (primary N) is 1. The van der Waals surface area contributed by atoms with Crippen molar-refractivity contribution < 1.29 is 27.1 Å². The number of alkyl halides is 4. The Morgan fingerprint density at radius 2 is 1.95 bits per heavy atom. The molecule has 1 amide bonds. The lowest BCUT2D eigenvalue weighted by Crippen LogP contribution is -2.28. The van der Waals surface area contributed by atoms with Gasteiger partial charge in [-0.25, -0.2) is 14.4 Å². The third-order valence-electron chi connectivity index (χ3n) is 6.07. The smallest absolute Gasteiger partial charge is 0.380 e. The van der Waals surface area contributed by atoms with E-state index in [-0.39, 0.29) is 29.4 Å². The van der Waals surface area contributed by atoms with Gasteiger partial charge in [0.15, 0.2) is 17.2 Å². The van der Waals surface area contributed by atoms with Gasteiger partial charge in [-0.1, -0.05) is 20.8 Å². The third kappa shape index (κ3) is 7.82. The summed E-state index contributed by atoms with van der Waals surface area (Å²) in [6.07, 6.45) is 1.96. The van der Waals surface area contributed by atoms with Gasteiger partial charge in [-0.15, -0.1) is 0 Å². The lowest BCUT2D eigenvalue weighted by atomic mass is 10.0. The molecule has 10 nitrogen and oxygen atoms in total. The van der Waals surface area contributed by atoms with Crippen LogP contribution in [0.2, 0.25) is 0 Å². The number of nitrogens with zero attached hydrogens (tertiary/aromatic N) is 5. The molecule has 0 aliphatic carbocycles. The van der Waals surface area contributed by atoms with E-state index >= 15 is 0 Å². The Morgan fingerprint density at radius 1 is 1.17 bits per heavy atom. The van der Waals surface area contributed by atoms with Crippen LogP contribution < -0.4 is 16.4 Å². The van der Waals surface area contributed by atoms with E-state index in [0.29, 0.717) is 49.8 Å². The van der Waals surface area contributed by atoms with Gasteiger partial charge in [0.25, 0.3) is 5.91 Å². The highest BCUT2D eigenvalue weighted by molar-refractivity contribution is 5.96. The molecule has 0 saturated heterocycles. The Bertz CT molecular complexity index is 1450. The largest absolute Gasteiger partial charge is 0.435 e. The van der Waals surface area contributed by atoms with Crippen molar-refractivity contribution in [3.05, 3.63) is 59.8 Å². The van der Waals surface area contributed by atoms with Crippen molar-refractivity contribution in [3.8, 4) is 11.3 Å². The second-order valence-corrected chi connectivity index (χ2v) is 8.82. The fourth-order valence-corrected chi connectivity index (χ4v) is 4.17. The summed E-state index contributed by atoms with van der Waals surface area (Å²) in [4.78, 5) is 21.3. The zero-order valence-electron chi connectivity index (χ0n) is 23.8. The van der Waals surface area contributed by atoms with Crippen LogP contribution in [0.25, 0.3) is 16.9 Å². The monoisotopic (exact) mass is 592 g/mol. The Labute approximate surface area is 241 Å². The first-order chi connectivity index (χ1) is 20.3. The predicted molar refractivity (Wildman–Crippen MR) is 152 cm³/mol. The number of aromatic nitrogens is 5. The second kappa shape index (κ2) is 15.3. The van der Waals surface area contributed by atoms with Crippen LogP contribution in [-0.4, -0.2) is 63.0 Å². The summed E-state index contributed by atoms with van der Waals surface area (Å²) >= 11 is 0. The molecule has 0 aliphatic rings. The molecule has 3 heterocycles. The number of benzene rings is 1. The van der Waals surface area contributed by atoms with Crippen molar-refractivity contribution >= 4 is 23.1 Å². The molecule has 0 spiro atoms. The van der Waals surface area contributed by atoms with Crippen LogP contribution in [-0.2, 0) is 23.9 Å². The molecule has 0 bridgehead atoms. The van der Waals surface area contributed by atoms with E-state index in [9.17, 15) is 22.4 Å². The first-order valence-corrected chi connectivity index (χ1v) is 13.8. The molecule has 42 heavy (non-hydrogen) atoms. The molecule has 4 rings (SSSR count). The van der Waals surface area contributed by atoms with Crippen molar-refractivity contribution in [1.29, 1.82) is 0 Å². The van der Waals surface area contributed by atoms with Crippen molar-refractivity contribution in [2.45, 2.75) is 46.3 Å². The second-order valence-electron chi connectivity index (χ2n) is 8.82. The Kier molecular flexibility index (Phi) is 11.8. The van der Waals surface area contributed by atoms with E-state index in [1.807, 2.05) is 26.8 Å². The Morgan fingerprint density at radius 3 is 2.64 bits per heavy atom. The average molecular weight is 593 g/mol. The Balaban J connectivity index is 0.00000237. The van der Waals surface area contributed by atoms with Crippen molar-refractivity contribution in [3.63, 3.8) is 0 Å². The summed E-state index contributed by atoms with van der Waals surface area (Å²) < 4.78 is 61.7. The van der Waals surface area contributed by atoms with E-state index in [4.69, 9.17) is 10.5 Å². The van der Waals surface area contributed by atoms with Crippen molar-refractivity contribution in [2.75, 3.05) is 38.3 Å². The summed E-state index contributed by atoms with van der Waals surface area (Å²) in [5.74, 6) is 0.0741. The number of carbonyl (C=O) groups excluding carboxylic acids is 1. The molecule has 3 aromatic heterocycles. The molecule has 1 aromatic carbocycles. The minimum atomic E-state index is -4.74. The quantitative estimate of drug-likeness (QED) is 0.147. The number of imidazole rings is 1. The molecule has 0 fully saturated rings. The number of nitrogens with one attached hydrogen (secondary N) is 2. The number of hydrogen-bond donors (Lipinski definition) is 3. The number of anilines is 2. The molecule has 0 aliphatic heterocycles. The van der Waals surface area contributed by atoms with Crippen LogP contribution in [0.4, 0.5) is 29.1 Å². The number of aryl methyl sites for hydroxylation is 2. The van der Waals surface area contributed by atoms with Gasteiger partial charge in [0.1, 0.15) is 6.67 Å². The first-order valence-electron chi connectivity index (χ1n) is 13.8. The van der Waals surface area contributed by atoms with E-state index in [1.54, 1.807) is 12.1 Å². The maximum absolute atomic E-state index is 13.7. The molecule has 228 valence electrons. The minimum absolute atomic E-state index is 0.131. The molecule has 0 saturated carbocycles. The number of fused-ring (bicyclic) bond motifs is 1. The average Bonchev–Trinajstić information content (AvgIpc) is 3.61. The molecular weight excluding hydrogens is 556 g/mol. The number of carbonyl (C=O) groups is 1. The molecule has 0 atom stereocenters. The van der Waals surface area contributed by atoms with Gasteiger partial charge in [0, 0.05) is 43.0 Å². The van der Waals surface area contributed by atoms with Crippen LogP contribution in [0.3, 0.4) is 0 Å². The third-order valence-corrected chi connectivity index (χ3v) is 6.07. The minimum Gasteiger partial charge on any atom is -0.380 e. The zero-order chi connectivity index (χ0) is 30.7. The maximum Gasteiger partial charge on any atom is 0.435 e. The summed E-state index contributed by atoms with van der Waals surface area (Å²) in [6, 6.07) is 5.21. The summed E-state index contributed by atoms with van der Waals surface area (Å²) in [5.41, 5.74) is 6.42. The number of hydrogen-bond acceptors (Lipinski definition) is 7. The Hall–Kier alpha value is -4.04. The van der Waals surface area contributed by atoms with Gasteiger partial charge in [-0.2, -0.15) is 18.3 Å². The fraction of sp³-hybridized carbons (Fsp3) is 0.429. The normalized spacial score (nSPS) is 11.3. The van der Waals surface area contributed by atoms with Crippen LogP contribution >= 0.6 is 0 Å². The van der Waals surface area contributed by atoms with Gasteiger partial charge in [-0.3, -0.25) is 13.9 Å². The van der Waals surface area contributed by atoms with E-state index in [1.165, 1.54) is 23.0 Å². The summed E-state index contributed by atoms with van der Waals surface area (Å²) in [6.45, 7) is 6.60. The number of amides is 1. The van der Waals surface area contributed by atoms with Crippen LogP contribution in [0, 0.1) is 0 Å². The molecule has 0 radical (unpaired) electrons. The molecule has 4 aromatic rings. The molecule has 0 unspecified atom stereocenters. The highest BCUT2D eigenvalue weighted by Crippen LogP contribution is 2.37. The van der Waals surface area contributed by atoms with Gasteiger partial charge in [-0.05, 0) is 43.1 Å². The first kappa shape index (κ1) is 32.5. The lowest BCUT2D eigenvalue weighted by molar-refractivity contribution is -0.141. The van der Waals surface area contributed by atoms with Gasteiger partial charge in [0.2, 0.25) is 0 Å². The van der Waals surface area contributed by atoms with Gasteiger partial charge >= 0.3 is 6.18 Å². The topological polar surface area (TPSA) is 124 Å². The lowest BCUT2D eigenvalue weighted by Gasteiger charge is -2.13. The number of halogens is 4. The zero-order valence-corrected chi connectivity index (χ0v) is 23.8. The molecule has 14 heteroatoms. The van der Waals surface area contributed by atoms with Crippen molar-refractivity contribution in [2.24, 2.45) is 5.73 Å². The molecular formula is C28H36F4N8O2. The van der Waals surface area contributed by atoms with E-state index in [0.717, 1.165) is 22.9 Å². The summed E-state index contributed by atoms with van der Waals surface area (Å²) in [5, 5.41) is 9.52. The highest BCUT2D eigenvalue weighted by Gasteiger charge is 2.38. The fourth-order valence-electron chi connectivity index (χ4n) is 4.17. The highest BCUT2D eigenvalue weighted by atomic mass is 19.4. The van der Waals surface area contributed by atoms with E-state index in [2.05, 4.69) is 25.7 Å². The number of rotatable bonds is 13. The van der Waals surface area contributed by atoms with E-state index < -0.39 is 18.5 Å². The van der Waals surface area contributed by atoms with Crippen LogP contribution in [0.5, 0.6) is 0 Å². The molecule has 4 N–H and O–H groups in total. The number of ether oxygens (including phenoxy) is 1. The van der Waals surface area contributed by atoms with Crippen LogP contribution in [0.1, 0.15) is 48.8 Å². The predicted octanol–water partition coefficient (Wildman–Crippen LogP) is 5.01. The SMILES string of the molecule is CC.CCc1cc(Nc2nccn3c(-c4cn(CCF)nc4C(F)(F)F)cnc23)ccc1C(=O)NCCOCCCN. The van der Waals surface area contributed by atoms with Crippen molar-refractivity contribution in [1.82, 2.24) is 29.5 Å². The maximum atomic E-state index is 13.7. The summed E-state index contributed by atoms with van der Waals surface area (Å²) in [7, 11) is 0. The standard InChI is InChI=1S/C26H30F4N8O2.C2H6/c1-2-17-14-18(4-5-19(17)25(39)33-9-13-40-12-3-7-31)35-23-24-34-15-21(38(24)11-8-32-23)20-16-37(10-6-27)36-22(20)26(28,29)30;1-2/h4-5,8,11,14-16H,2-3,6-7,9-10,12-13,31H2,1H3,(H,32,35)(H,33,39);1-2H3. The van der Waals surface area contributed by atoms with Gasteiger partial charge in [0.05, 0.1) is 30.6 Å².